The predicted molar refractivity (Wildman–Crippen MR) is 130 cm³/mol. The molecule has 3 aromatic heterocycles. The van der Waals surface area contributed by atoms with Crippen LogP contribution in [0.4, 0.5) is 5.82 Å². The summed E-state index contributed by atoms with van der Waals surface area (Å²) >= 11 is 0. The number of fused-ring (bicyclic) bond motifs is 1. The number of furan rings is 1. The van der Waals surface area contributed by atoms with E-state index in [1.54, 1.807) is 4.68 Å². The molecule has 0 atom stereocenters. The molecule has 4 heterocycles. The molecule has 1 saturated heterocycles. The van der Waals surface area contributed by atoms with Crippen LogP contribution < -0.4 is 4.90 Å². The van der Waals surface area contributed by atoms with E-state index in [1.807, 2.05) is 67.9 Å². The van der Waals surface area contributed by atoms with E-state index in [4.69, 9.17) is 19.1 Å². The van der Waals surface area contributed by atoms with Crippen LogP contribution in [0.15, 0.2) is 84.1 Å². The van der Waals surface area contributed by atoms with Crippen LogP contribution in [0.5, 0.6) is 0 Å². The van der Waals surface area contributed by atoms with Gasteiger partial charge >= 0.3 is 0 Å². The zero-order chi connectivity index (χ0) is 22.6. The Kier molecular flexibility index (Phi) is 5.87. The van der Waals surface area contributed by atoms with E-state index in [0.29, 0.717) is 36.0 Å². The Labute approximate surface area is 192 Å². The number of morpholine rings is 1. The third-order valence-electron chi connectivity index (χ3n) is 5.46. The van der Waals surface area contributed by atoms with E-state index in [0.717, 1.165) is 35.6 Å². The van der Waals surface area contributed by atoms with Crippen LogP contribution in [0.25, 0.3) is 33.7 Å². The standard InChI is InChI=1S/C26H25N5O2/c1-3-4-6-9-19(2)23-16-22-24(33-23)25(30-12-14-32-15-13-30)29-26(28-22)31-18-21(17-27-31)20-10-7-5-8-11-20/h3-11,16-18H,2,12-15H2,1H3/b4-3-,9-6-. The van der Waals surface area contributed by atoms with Gasteiger partial charge in [-0.1, -0.05) is 61.2 Å². The van der Waals surface area contributed by atoms with Crippen LogP contribution in [0.3, 0.4) is 0 Å². The van der Waals surface area contributed by atoms with Crippen molar-refractivity contribution in [1.29, 1.82) is 0 Å². The number of hydrogen-bond acceptors (Lipinski definition) is 6. The van der Waals surface area contributed by atoms with Gasteiger partial charge in [-0.25, -0.2) is 9.67 Å². The van der Waals surface area contributed by atoms with Crippen molar-refractivity contribution in [2.45, 2.75) is 6.92 Å². The second-order valence-corrected chi connectivity index (χ2v) is 7.72. The topological polar surface area (TPSA) is 69.2 Å². The second-order valence-electron chi connectivity index (χ2n) is 7.72. The largest absolute Gasteiger partial charge is 0.450 e. The number of anilines is 1. The Bertz CT molecular complexity index is 1330. The van der Waals surface area contributed by atoms with Gasteiger partial charge in [0.15, 0.2) is 11.4 Å². The molecule has 0 saturated carbocycles. The zero-order valence-electron chi connectivity index (χ0n) is 18.5. The molecule has 7 nitrogen and oxygen atoms in total. The Morgan fingerprint density at radius 2 is 1.88 bits per heavy atom. The normalized spacial score (nSPS) is 14.6. The van der Waals surface area contributed by atoms with Crippen molar-refractivity contribution in [3.05, 3.63) is 85.4 Å². The molecule has 0 unspecified atom stereocenters. The van der Waals surface area contributed by atoms with E-state index in [2.05, 4.69) is 28.7 Å². The number of aromatic nitrogens is 4. The monoisotopic (exact) mass is 439 g/mol. The Balaban J connectivity index is 1.58. The highest BCUT2D eigenvalue weighted by Gasteiger charge is 2.22. The lowest BCUT2D eigenvalue weighted by atomic mass is 10.1. The first-order chi connectivity index (χ1) is 16.2. The van der Waals surface area contributed by atoms with Crippen molar-refractivity contribution >= 4 is 22.5 Å². The summed E-state index contributed by atoms with van der Waals surface area (Å²) < 4.78 is 13.4. The summed E-state index contributed by atoms with van der Waals surface area (Å²) in [6.07, 6.45) is 11.5. The molecule has 166 valence electrons. The summed E-state index contributed by atoms with van der Waals surface area (Å²) in [5.74, 6) is 1.90. The fourth-order valence-corrected chi connectivity index (χ4v) is 3.73. The first-order valence-corrected chi connectivity index (χ1v) is 11.0. The maximum absolute atomic E-state index is 6.20. The molecule has 0 aliphatic carbocycles. The number of benzene rings is 1. The number of rotatable bonds is 6. The molecular formula is C26H25N5O2. The Morgan fingerprint density at radius 3 is 2.67 bits per heavy atom. The van der Waals surface area contributed by atoms with Gasteiger partial charge in [0, 0.05) is 36.5 Å². The molecule has 1 aliphatic rings. The molecule has 0 radical (unpaired) electrons. The van der Waals surface area contributed by atoms with Gasteiger partial charge in [0.05, 0.1) is 19.4 Å². The van der Waals surface area contributed by atoms with Crippen LogP contribution in [0.2, 0.25) is 0 Å². The minimum atomic E-state index is 0.494. The SMILES string of the molecule is C=C(/C=C\C=C/C)c1cc2nc(-n3cc(-c4ccccc4)cn3)nc(N3CCOCC3)c2o1. The number of hydrogen-bond donors (Lipinski definition) is 0. The van der Waals surface area contributed by atoms with Crippen LogP contribution in [0.1, 0.15) is 12.7 Å². The number of ether oxygens (including phenoxy) is 1. The average molecular weight is 440 g/mol. The van der Waals surface area contributed by atoms with Crippen molar-refractivity contribution in [2.24, 2.45) is 0 Å². The maximum atomic E-state index is 6.20. The third kappa shape index (κ3) is 4.36. The molecule has 0 spiro atoms. The first-order valence-electron chi connectivity index (χ1n) is 11.0. The van der Waals surface area contributed by atoms with Crippen LogP contribution in [-0.4, -0.2) is 46.1 Å². The molecule has 7 heteroatoms. The number of nitrogens with zero attached hydrogens (tertiary/aromatic N) is 5. The summed E-state index contributed by atoms with van der Waals surface area (Å²) in [4.78, 5) is 11.8. The highest BCUT2D eigenvalue weighted by Crippen LogP contribution is 2.31. The van der Waals surface area contributed by atoms with E-state index in [-0.39, 0.29) is 0 Å². The van der Waals surface area contributed by atoms with E-state index < -0.39 is 0 Å². The lowest BCUT2D eigenvalue weighted by Crippen LogP contribution is -2.37. The molecule has 33 heavy (non-hydrogen) atoms. The Hall–Kier alpha value is -3.97. The van der Waals surface area contributed by atoms with Crippen LogP contribution in [0, 0.1) is 0 Å². The Morgan fingerprint density at radius 1 is 1.06 bits per heavy atom. The van der Waals surface area contributed by atoms with Gasteiger partial charge in [-0.3, -0.25) is 0 Å². The van der Waals surface area contributed by atoms with Gasteiger partial charge in [-0.2, -0.15) is 10.1 Å². The zero-order valence-corrected chi connectivity index (χ0v) is 18.5. The fraction of sp³-hybridized carbons (Fsp3) is 0.192. The van der Waals surface area contributed by atoms with Gasteiger partial charge in [0.2, 0.25) is 0 Å². The van der Waals surface area contributed by atoms with Gasteiger partial charge in [-0.15, -0.1) is 0 Å². The van der Waals surface area contributed by atoms with Gasteiger partial charge in [0.25, 0.3) is 5.95 Å². The molecule has 0 amide bonds. The van der Waals surface area contributed by atoms with E-state index in [9.17, 15) is 0 Å². The smallest absolute Gasteiger partial charge is 0.253 e. The lowest BCUT2D eigenvalue weighted by Gasteiger charge is -2.27. The minimum Gasteiger partial charge on any atom is -0.450 e. The highest BCUT2D eigenvalue weighted by molar-refractivity contribution is 5.88. The fourth-order valence-electron chi connectivity index (χ4n) is 3.73. The quantitative estimate of drug-likeness (QED) is 0.391. The average Bonchev–Trinajstić information content (AvgIpc) is 3.52. The van der Waals surface area contributed by atoms with Gasteiger partial charge in [0.1, 0.15) is 11.3 Å². The highest BCUT2D eigenvalue weighted by atomic mass is 16.5. The molecule has 5 rings (SSSR count). The van der Waals surface area contributed by atoms with Crippen LogP contribution in [-0.2, 0) is 4.74 Å². The van der Waals surface area contributed by atoms with Gasteiger partial charge < -0.3 is 14.1 Å². The lowest BCUT2D eigenvalue weighted by molar-refractivity contribution is 0.122. The van der Waals surface area contributed by atoms with E-state index in [1.165, 1.54) is 0 Å². The van der Waals surface area contributed by atoms with Crippen molar-refractivity contribution in [2.75, 3.05) is 31.2 Å². The molecular weight excluding hydrogens is 414 g/mol. The molecule has 4 aromatic rings. The van der Waals surface area contributed by atoms with Crippen molar-refractivity contribution in [1.82, 2.24) is 19.7 Å². The summed E-state index contributed by atoms with van der Waals surface area (Å²) in [5, 5.41) is 4.53. The molecule has 1 fully saturated rings. The first kappa shape index (κ1) is 20.9. The molecule has 0 N–H and O–H groups in total. The maximum Gasteiger partial charge on any atom is 0.253 e. The van der Waals surface area contributed by atoms with Crippen molar-refractivity contribution in [3.63, 3.8) is 0 Å². The van der Waals surface area contributed by atoms with E-state index >= 15 is 0 Å². The summed E-state index contributed by atoms with van der Waals surface area (Å²) in [7, 11) is 0. The van der Waals surface area contributed by atoms with Gasteiger partial charge in [-0.05, 0) is 12.5 Å². The molecule has 1 aromatic carbocycles. The summed E-state index contributed by atoms with van der Waals surface area (Å²) in [6.45, 7) is 8.87. The predicted octanol–water partition coefficient (Wildman–Crippen LogP) is 5.06. The van der Waals surface area contributed by atoms with Crippen LogP contribution >= 0.6 is 0 Å². The summed E-state index contributed by atoms with van der Waals surface area (Å²) in [5.41, 5.74) is 4.22. The summed E-state index contributed by atoms with van der Waals surface area (Å²) in [6, 6.07) is 12.0. The molecule has 0 bridgehead atoms. The molecule has 1 aliphatic heterocycles. The van der Waals surface area contributed by atoms with Crippen molar-refractivity contribution < 1.29 is 9.15 Å². The minimum absolute atomic E-state index is 0.494. The second kappa shape index (κ2) is 9.26. The number of allylic oxidation sites excluding steroid dienone is 5. The third-order valence-corrected chi connectivity index (χ3v) is 5.46. The van der Waals surface area contributed by atoms with Crippen molar-refractivity contribution in [3.8, 4) is 17.1 Å².